The number of ketones is 1. The molecule has 0 unspecified atom stereocenters. The molecule has 2 nitrogen and oxygen atoms in total. The topological polar surface area (TPSA) is 29.1 Å². The lowest BCUT2D eigenvalue weighted by atomic mass is 10.1. The summed E-state index contributed by atoms with van der Waals surface area (Å²) in [6, 6.07) is 17.1. The summed E-state index contributed by atoms with van der Waals surface area (Å²) in [6.07, 6.45) is 0. The van der Waals surface area contributed by atoms with E-state index < -0.39 is 0 Å². The molecule has 0 saturated heterocycles. The van der Waals surface area contributed by atoms with Gasteiger partial charge in [-0.2, -0.15) is 0 Å². The Morgan fingerprint density at radius 1 is 1.00 bits per heavy atom. The van der Waals surface area contributed by atoms with Crippen LogP contribution in [0.3, 0.4) is 0 Å². The molecule has 0 amide bonds. The van der Waals surface area contributed by atoms with Crippen molar-refractivity contribution in [2.75, 3.05) is 11.2 Å². The third-order valence-corrected chi connectivity index (χ3v) is 2.64. The Morgan fingerprint density at radius 2 is 1.65 bits per heavy atom. The van der Waals surface area contributed by atoms with Crippen molar-refractivity contribution in [1.82, 2.24) is 0 Å². The fourth-order valence-electron chi connectivity index (χ4n) is 1.58. The zero-order valence-corrected chi connectivity index (χ0v) is 9.95. The molecular weight excluding hydrogens is 234 g/mol. The van der Waals surface area contributed by atoms with Crippen LogP contribution in [0.25, 0.3) is 0 Å². The Bertz CT molecular complexity index is 511. The van der Waals surface area contributed by atoms with Gasteiger partial charge in [0, 0.05) is 16.9 Å². The summed E-state index contributed by atoms with van der Waals surface area (Å²) in [5.74, 6) is -0.0845. The summed E-state index contributed by atoms with van der Waals surface area (Å²) < 4.78 is 0. The van der Waals surface area contributed by atoms with E-state index in [0.29, 0.717) is 5.56 Å². The number of anilines is 2. The number of Topliss-reactive ketones (excluding diaryl/α,β-unsaturated/α-hetero) is 1. The van der Waals surface area contributed by atoms with Gasteiger partial charge in [-0.25, -0.2) is 0 Å². The molecule has 0 aromatic heterocycles. The molecule has 86 valence electrons. The predicted molar refractivity (Wildman–Crippen MR) is 71.2 cm³/mol. The number of carbonyl (C=O) groups is 1. The lowest BCUT2D eigenvalue weighted by Crippen LogP contribution is -2.04. The third-order valence-electron chi connectivity index (χ3n) is 2.40. The third kappa shape index (κ3) is 2.86. The number of rotatable bonds is 4. The molecule has 0 aliphatic carbocycles. The summed E-state index contributed by atoms with van der Waals surface area (Å²) in [7, 11) is 0. The first-order valence-electron chi connectivity index (χ1n) is 5.31. The first-order valence-corrected chi connectivity index (χ1v) is 5.85. The molecule has 0 atom stereocenters. The van der Waals surface area contributed by atoms with Gasteiger partial charge in [0.05, 0.1) is 5.88 Å². The van der Waals surface area contributed by atoms with Gasteiger partial charge in [-0.05, 0) is 24.3 Å². The molecule has 17 heavy (non-hydrogen) atoms. The summed E-state index contributed by atoms with van der Waals surface area (Å²) in [6.45, 7) is 0. The van der Waals surface area contributed by atoms with Crippen LogP contribution in [0.15, 0.2) is 54.6 Å². The maximum Gasteiger partial charge on any atom is 0.179 e. The number of alkyl halides is 1. The van der Waals surface area contributed by atoms with Crippen molar-refractivity contribution in [2.24, 2.45) is 0 Å². The number of carbonyl (C=O) groups excluding carboxylic acids is 1. The molecular formula is C14H12ClNO. The van der Waals surface area contributed by atoms with Gasteiger partial charge in [0.2, 0.25) is 0 Å². The number of benzene rings is 2. The van der Waals surface area contributed by atoms with E-state index in [2.05, 4.69) is 5.32 Å². The molecule has 0 aliphatic heterocycles. The van der Waals surface area contributed by atoms with E-state index in [9.17, 15) is 4.79 Å². The summed E-state index contributed by atoms with van der Waals surface area (Å²) in [5, 5.41) is 3.21. The van der Waals surface area contributed by atoms with Gasteiger partial charge >= 0.3 is 0 Å². The van der Waals surface area contributed by atoms with Crippen molar-refractivity contribution >= 4 is 28.8 Å². The van der Waals surface area contributed by atoms with Crippen LogP contribution in [0.2, 0.25) is 0 Å². The SMILES string of the molecule is O=C(CCl)c1ccccc1Nc1ccccc1. The van der Waals surface area contributed by atoms with E-state index in [1.54, 1.807) is 6.07 Å². The quantitative estimate of drug-likeness (QED) is 0.655. The van der Waals surface area contributed by atoms with E-state index in [1.165, 1.54) is 0 Å². The molecule has 0 saturated carbocycles. The average Bonchev–Trinajstić information content (AvgIpc) is 2.40. The first kappa shape index (κ1) is 11.7. The summed E-state index contributed by atoms with van der Waals surface area (Å²) in [5.41, 5.74) is 2.35. The molecule has 2 rings (SSSR count). The van der Waals surface area contributed by atoms with Crippen LogP contribution in [0.1, 0.15) is 10.4 Å². The van der Waals surface area contributed by atoms with Crippen molar-refractivity contribution < 1.29 is 4.79 Å². The molecule has 1 N–H and O–H groups in total. The van der Waals surface area contributed by atoms with Crippen LogP contribution in [0.4, 0.5) is 11.4 Å². The van der Waals surface area contributed by atoms with Crippen LogP contribution in [0.5, 0.6) is 0 Å². The van der Waals surface area contributed by atoms with Gasteiger partial charge in [0.15, 0.2) is 5.78 Å². The van der Waals surface area contributed by atoms with Gasteiger partial charge in [0.25, 0.3) is 0 Å². The highest BCUT2D eigenvalue weighted by molar-refractivity contribution is 6.31. The number of nitrogens with one attached hydrogen (secondary N) is 1. The smallest absolute Gasteiger partial charge is 0.179 e. The highest BCUT2D eigenvalue weighted by atomic mass is 35.5. The van der Waals surface area contributed by atoms with Gasteiger partial charge in [-0.3, -0.25) is 4.79 Å². The van der Waals surface area contributed by atoms with Crippen LogP contribution in [-0.4, -0.2) is 11.7 Å². The average molecular weight is 246 g/mol. The van der Waals surface area contributed by atoms with Crippen molar-refractivity contribution in [3.05, 3.63) is 60.2 Å². The van der Waals surface area contributed by atoms with Gasteiger partial charge in [0.1, 0.15) is 0 Å². The molecule has 0 fully saturated rings. The molecule has 0 heterocycles. The molecule has 0 aliphatic rings. The second-order valence-electron chi connectivity index (χ2n) is 3.59. The van der Waals surface area contributed by atoms with Gasteiger partial charge in [-0.15, -0.1) is 11.6 Å². The molecule has 2 aromatic rings. The van der Waals surface area contributed by atoms with Crippen LogP contribution < -0.4 is 5.32 Å². The minimum absolute atomic E-state index is 0.00647. The lowest BCUT2D eigenvalue weighted by Gasteiger charge is -2.10. The summed E-state index contributed by atoms with van der Waals surface area (Å²) in [4.78, 5) is 11.7. The molecule has 3 heteroatoms. The van der Waals surface area contributed by atoms with Gasteiger partial charge < -0.3 is 5.32 Å². The van der Waals surface area contributed by atoms with E-state index >= 15 is 0 Å². The number of para-hydroxylation sites is 2. The normalized spacial score (nSPS) is 9.94. The van der Waals surface area contributed by atoms with Crippen molar-refractivity contribution in [2.45, 2.75) is 0 Å². The largest absolute Gasteiger partial charge is 0.355 e. The zero-order chi connectivity index (χ0) is 12.1. The fourth-order valence-corrected chi connectivity index (χ4v) is 1.73. The second-order valence-corrected chi connectivity index (χ2v) is 3.86. The van der Waals surface area contributed by atoms with Crippen LogP contribution in [-0.2, 0) is 0 Å². The van der Waals surface area contributed by atoms with Crippen LogP contribution in [0, 0.1) is 0 Å². The minimum Gasteiger partial charge on any atom is -0.355 e. The maximum absolute atomic E-state index is 11.7. The number of hydrogen-bond acceptors (Lipinski definition) is 2. The first-order chi connectivity index (χ1) is 8.31. The van der Waals surface area contributed by atoms with Crippen molar-refractivity contribution in [3.63, 3.8) is 0 Å². The number of halogens is 1. The van der Waals surface area contributed by atoms with E-state index in [-0.39, 0.29) is 11.7 Å². The minimum atomic E-state index is -0.0781. The van der Waals surface area contributed by atoms with Gasteiger partial charge in [-0.1, -0.05) is 30.3 Å². The summed E-state index contributed by atoms with van der Waals surface area (Å²) >= 11 is 5.58. The molecule has 2 aromatic carbocycles. The Hall–Kier alpha value is -1.80. The van der Waals surface area contributed by atoms with Crippen LogP contribution >= 0.6 is 11.6 Å². The molecule has 0 spiro atoms. The van der Waals surface area contributed by atoms with E-state index in [4.69, 9.17) is 11.6 Å². The van der Waals surface area contributed by atoms with E-state index in [0.717, 1.165) is 11.4 Å². The Kier molecular flexibility index (Phi) is 3.78. The Balaban J connectivity index is 2.30. The maximum atomic E-state index is 11.7. The lowest BCUT2D eigenvalue weighted by molar-refractivity contribution is 0.102. The van der Waals surface area contributed by atoms with Crippen molar-refractivity contribution in [1.29, 1.82) is 0 Å². The standard InChI is InChI=1S/C14H12ClNO/c15-10-14(17)12-8-4-5-9-13(12)16-11-6-2-1-3-7-11/h1-9,16H,10H2. The fraction of sp³-hybridized carbons (Fsp3) is 0.0714. The monoisotopic (exact) mass is 245 g/mol. The van der Waals surface area contributed by atoms with E-state index in [1.807, 2.05) is 48.5 Å². The number of hydrogen-bond donors (Lipinski definition) is 1. The predicted octanol–water partition coefficient (Wildman–Crippen LogP) is 3.85. The highest BCUT2D eigenvalue weighted by Gasteiger charge is 2.09. The highest BCUT2D eigenvalue weighted by Crippen LogP contribution is 2.21. The molecule has 0 radical (unpaired) electrons. The zero-order valence-electron chi connectivity index (χ0n) is 9.19. The molecule has 0 bridgehead atoms. The Labute approximate surface area is 105 Å². The second kappa shape index (κ2) is 5.51. The Morgan fingerprint density at radius 3 is 2.35 bits per heavy atom. The van der Waals surface area contributed by atoms with Crippen molar-refractivity contribution in [3.8, 4) is 0 Å².